The number of rotatable bonds is 2. The van der Waals surface area contributed by atoms with Gasteiger partial charge in [-0.2, -0.15) is 0 Å². The van der Waals surface area contributed by atoms with Gasteiger partial charge < -0.3 is 36.6 Å². The van der Waals surface area contributed by atoms with Crippen molar-refractivity contribution < 1.29 is 17.0 Å². The molecule has 2 aromatic carbocycles. The fourth-order valence-corrected chi connectivity index (χ4v) is 5.85. The number of anilines is 2. The van der Waals surface area contributed by atoms with Crippen LogP contribution in [0.4, 0.5) is 11.4 Å². The second-order valence-corrected chi connectivity index (χ2v) is 11.6. The van der Waals surface area contributed by atoms with Gasteiger partial charge in [0, 0.05) is 75.9 Å². The zero-order valence-corrected chi connectivity index (χ0v) is 23.0. The van der Waals surface area contributed by atoms with E-state index in [2.05, 4.69) is 84.8 Å². The van der Waals surface area contributed by atoms with Crippen LogP contribution in [0.5, 0.6) is 0 Å². The van der Waals surface area contributed by atoms with E-state index in [1.54, 1.807) is 0 Å². The van der Waals surface area contributed by atoms with Crippen LogP contribution in [-0.2, 0) is 5.41 Å². The molecule has 0 saturated carbocycles. The van der Waals surface area contributed by atoms with Gasteiger partial charge in [0.1, 0.15) is 11.0 Å². The molecule has 0 N–H and O–H groups in total. The maximum atomic E-state index is 5.20. The molecule has 2 aliphatic heterocycles. The van der Waals surface area contributed by atoms with Gasteiger partial charge in [0.25, 0.3) is 9.40 Å². The van der Waals surface area contributed by atoms with Crippen molar-refractivity contribution in [3.05, 3.63) is 35.9 Å². The van der Waals surface area contributed by atoms with Gasteiger partial charge in [-0.25, -0.2) is 4.98 Å². The molecule has 178 valence electrons. The summed E-state index contributed by atoms with van der Waals surface area (Å²) in [5, 5.41) is 0. The van der Waals surface area contributed by atoms with E-state index >= 15 is 0 Å². The normalized spacial score (nSPS) is 18.7. The highest BCUT2D eigenvalue weighted by Crippen LogP contribution is 2.38. The van der Waals surface area contributed by atoms with E-state index in [-0.39, 0.29) is 22.4 Å². The minimum atomic E-state index is 0. The Bertz CT molecular complexity index is 1130. The van der Waals surface area contributed by atoms with Gasteiger partial charge in [-0.1, -0.05) is 20.8 Å². The Kier molecular flexibility index (Phi) is 7.16. The molecule has 0 aliphatic carbocycles. The zero-order valence-electron chi connectivity index (χ0n) is 20.6. The van der Waals surface area contributed by atoms with Crippen LogP contribution < -0.4 is 26.8 Å². The minimum absolute atomic E-state index is 0. The van der Waals surface area contributed by atoms with Gasteiger partial charge in [0.05, 0.1) is 0 Å². The third-order valence-electron chi connectivity index (χ3n) is 7.00. The summed E-state index contributed by atoms with van der Waals surface area (Å²) in [5.74, 6) is 0. The molecule has 2 aliphatic rings. The number of benzene rings is 2. The van der Waals surface area contributed by atoms with E-state index in [1.807, 2.05) is 11.3 Å². The van der Waals surface area contributed by atoms with Gasteiger partial charge in [0.15, 0.2) is 0 Å². The lowest BCUT2D eigenvalue weighted by molar-refractivity contribution is -0.00000689. The molecule has 1 aromatic heterocycles. The van der Waals surface area contributed by atoms with Crippen LogP contribution in [0, 0.1) is 0 Å². The minimum Gasteiger partial charge on any atom is -1.00 e. The summed E-state index contributed by atoms with van der Waals surface area (Å²) in [6, 6.07) is 11.6. The highest BCUT2D eigenvalue weighted by molar-refractivity contribution is 7.24. The van der Waals surface area contributed by atoms with Crippen LogP contribution in [0.1, 0.15) is 26.3 Å². The summed E-state index contributed by atoms with van der Waals surface area (Å²) in [7, 11) is 4.43. The number of halogens is 1. The summed E-state index contributed by atoms with van der Waals surface area (Å²) in [6.45, 7) is 15.8. The third kappa shape index (κ3) is 5.11. The maximum absolute atomic E-state index is 5.20. The molecule has 5 rings (SSSR count). The van der Waals surface area contributed by atoms with E-state index in [0.29, 0.717) is 0 Å². The summed E-state index contributed by atoms with van der Waals surface area (Å²) in [5.41, 5.74) is 6.36. The number of likely N-dealkylation sites (N-methyl/N-ethyl adjacent to an activating group) is 2. The van der Waals surface area contributed by atoms with Crippen molar-refractivity contribution in [1.82, 2.24) is 14.8 Å². The van der Waals surface area contributed by atoms with E-state index in [1.165, 1.54) is 31.9 Å². The number of nitrogens with zero attached hydrogens (tertiary/aromatic N) is 5. The van der Waals surface area contributed by atoms with E-state index in [4.69, 9.17) is 4.98 Å². The molecule has 7 heteroatoms. The smallest absolute Gasteiger partial charge is 0.259 e. The molecule has 3 heterocycles. The SMILES string of the molecule is CN1CCN(c2ccc3nc4c(C(C)(C)C)cc(N5CCN(C)CC5)cc4[s+]c3c2)CC1.[Br-]. The van der Waals surface area contributed by atoms with Gasteiger partial charge in [0.2, 0.25) is 11.3 Å². The first-order valence-corrected chi connectivity index (χ1v) is 12.7. The Morgan fingerprint density at radius 1 is 0.727 bits per heavy atom. The van der Waals surface area contributed by atoms with Gasteiger partial charge in [-0.3, -0.25) is 0 Å². The van der Waals surface area contributed by atoms with Crippen molar-refractivity contribution in [2.75, 3.05) is 76.3 Å². The first kappa shape index (κ1) is 24.6. The van der Waals surface area contributed by atoms with Crippen LogP contribution in [-0.4, -0.2) is 81.2 Å². The first-order chi connectivity index (χ1) is 15.3. The Morgan fingerprint density at radius 2 is 1.27 bits per heavy atom. The fourth-order valence-electron chi connectivity index (χ4n) is 4.78. The number of fused-ring (bicyclic) bond motifs is 2. The quantitative estimate of drug-likeness (QED) is 0.370. The van der Waals surface area contributed by atoms with E-state index < -0.39 is 0 Å². The molecule has 5 nitrogen and oxygen atoms in total. The molecule has 33 heavy (non-hydrogen) atoms. The molecule has 3 aromatic rings. The topological polar surface area (TPSA) is 25.9 Å². The number of hydrogen-bond acceptors (Lipinski definition) is 5. The summed E-state index contributed by atoms with van der Waals surface area (Å²) in [6.07, 6.45) is 0. The molecule has 0 spiro atoms. The largest absolute Gasteiger partial charge is 1.00 e. The number of aromatic nitrogens is 1. The van der Waals surface area contributed by atoms with E-state index in [0.717, 1.165) is 57.9 Å². The molecule has 0 bridgehead atoms. The van der Waals surface area contributed by atoms with Crippen molar-refractivity contribution >= 4 is 43.1 Å². The molecule has 0 atom stereocenters. The summed E-state index contributed by atoms with van der Waals surface area (Å²) in [4.78, 5) is 15.1. The molecular weight excluding hydrogens is 494 g/mol. The number of piperazine rings is 2. The fraction of sp³-hybridized carbons (Fsp3) is 0.538. The average molecular weight is 531 g/mol. The highest BCUT2D eigenvalue weighted by Gasteiger charge is 2.27. The van der Waals surface area contributed by atoms with Crippen LogP contribution in [0.25, 0.3) is 20.4 Å². The maximum Gasteiger partial charge on any atom is 0.259 e. The lowest BCUT2D eigenvalue weighted by Gasteiger charge is -2.34. The molecule has 0 unspecified atom stereocenters. The second-order valence-electron chi connectivity index (χ2n) is 10.5. The van der Waals surface area contributed by atoms with Crippen molar-refractivity contribution in [3.63, 3.8) is 0 Å². The third-order valence-corrected chi connectivity index (χ3v) is 8.08. The van der Waals surface area contributed by atoms with Gasteiger partial charge in [-0.05, 0) is 43.3 Å². The summed E-state index contributed by atoms with van der Waals surface area (Å²) >= 11 is 1.90. The van der Waals surface area contributed by atoms with Crippen molar-refractivity contribution in [1.29, 1.82) is 0 Å². The van der Waals surface area contributed by atoms with E-state index in [9.17, 15) is 0 Å². The van der Waals surface area contributed by atoms with Gasteiger partial charge in [-0.15, -0.1) is 0 Å². The predicted molar refractivity (Wildman–Crippen MR) is 140 cm³/mol. The van der Waals surface area contributed by atoms with Crippen LogP contribution >= 0.6 is 11.3 Å². The molecule has 2 saturated heterocycles. The average Bonchev–Trinajstić information content (AvgIpc) is 2.77. The Hall–Kier alpha value is -1.54. The first-order valence-electron chi connectivity index (χ1n) is 11.9. The Morgan fingerprint density at radius 3 is 1.85 bits per heavy atom. The lowest BCUT2D eigenvalue weighted by atomic mass is 9.86. The molecule has 0 radical (unpaired) electrons. The molecular formula is C26H36BrN5S. The van der Waals surface area contributed by atoms with Gasteiger partial charge >= 0.3 is 0 Å². The van der Waals surface area contributed by atoms with Crippen molar-refractivity contribution in [3.8, 4) is 0 Å². The van der Waals surface area contributed by atoms with Crippen LogP contribution in [0.3, 0.4) is 0 Å². The second kappa shape index (κ2) is 9.61. The van der Waals surface area contributed by atoms with Crippen LogP contribution in [0.2, 0.25) is 0 Å². The predicted octanol–water partition coefficient (Wildman–Crippen LogP) is 1.54. The number of hydrogen-bond donors (Lipinski definition) is 0. The van der Waals surface area contributed by atoms with Crippen molar-refractivity contribution in [2.24, 2.45) is 0 Å². The molecule has 0 amide bonds. The van der Waals surface area contributed by atoms with Crippen LogP contribution in [0.15, 0.2) is 30.3 Å². The lowest BCUT2D eigenvalue weighted by Crippen LogP contribution is -3.00. The zero-order chi connectivity index (χ0) is 22.5. The Labute approximate surface area is 212 Å². The van der Waals surface area contributed by atoms with Crippen molar-refractivity contribution in [2.45, 2.75) is 26.2 Å². The highest BCUT2D eigenvalue weighted by atomic mass is 79.9. The monoisotopic (exact) mass is 529 g/mol. The summed E-state index contributed by atoms with van der Waals surface area (Å²) < 4.78 is 2.58. The molecule has 2 fully saturated rings. The Balaban J connectivity index is 0.00000259. The standard InChI is InChI=1S/C26H36N5S.BrH/c1-26(2,3)21-16-20(31-14-10-29(5)11-15-31)18-24-25(21)27-22-7-6-19(17-23(22)32-24)30-12-8-28(4)9-13-30;/h6-7,16-18H,8-15H2,1-5H3;1H/q+1;/p-1.